The molecular weight excluding hydrogens is 157 g/mol. The normalized spacial score (nSPS) is 26.8. The van der Waals surface area contributed by atoms with Crippen LogP contribution in [-0.2, 0) is 0 Å². The lowest BCUT2D eigenvalue weighted by Crippen LogP contribution is -2.13. The number of hydrogen-bond acceptors (Lipinski definition) is 3. The molecule has 1 fully saturated rings. The molecule has 3 nitrogen and oxygen atoms in total. The zero-order chi connectivity index (χ0) is 8.55. The molecule has 1 saturated carbocycles. The minimum atomic E-state index is -0.319. The van der Waals surface area contributed by atoms with Crippen molar-refractivity contribution in [3.05, 3.63) is 24.1 Å². The summed E-state index contributed by atoms with van der Waals surface area (Å²) in [7, 11) is 0. The molecule has 3 N–H and O–H groups in total. The lowest BCUT2D eigenvalue weighted by Gasteiger charge is -2.01. The van der Waals surface area contributed by atoms with E-state index in [0.29, 0.717) is 11.9 Å². The summed E-state index contributed by atoms with van der Waals surface area (Å²) in [5.41, 5.74) is 5.58. The molecule has 0 amide bonds. The van der Waals surface area contributed by atoms with Gasteiger partial charge in [0.1, 0.15) is 11.6 Å². The molecule has 1 aromatic rings. The van der Waals surface area contributed by atoms with E-state index in [1.165, 1.54) is 12.3 Å². The molecule has 1 heterocycles. The Bertz CT molecular complexity index is 272. The van der Waals surface area contributed by atoms with E-state index in [4.69, 9.17) is 5.73 Å². The van der Waals surface area contributed by atoms with Crippen LogP contribution in [0.3, 0.4) is 0 Å². The van der Waals surface area contributed by atoms with Crippen LogP contribution >= 0.6 is 0 Å². The minimum absolute atomic E-state index is 0.233. The van der Waals surface area contributed by atoms with E-state index < -0.39 is 0 Å². The largest absolute Gasteiger partial charge is 0.366 e. The quantitative estimate of drug-likeness (QED) is 0.682. The van der Waals surface area contributed by atoms with Crippen molar-refractivity contribution in [2.24, 2.45) is 5.73 Å². The predicted molar refractivity (Wildman–Crippen MR) is 44.2 cm³/mol. The van der Waals surface area contributed by atoms with Gasteiger partial charge in [-0.05, 0) is 18.6 Å². The van der Waals surface area contributed by atoms with Gasteiger partial charge in [0.25, 0.3) is 0 Å². The zero-order valence-corrected chi connectivity index (χ0v) is 6.50. The highest BCUT2D eigenvalue weighted by atomic mass is 19.1. The van der Waals surface area contributed by atoms with Gasteiger partial charge in [0.05, 0.1) is 6.20 Å². The van der Waals surface area contributed by atoms with E-state index in [-0.39, 0.29) is 11.9 Å². The number of aromatic nitrogens is 1. The van der Waals surface area contributed by atoms with Gasteiger partial charge in [0.2, 0.25) is 0 Å². The van der Waals surface area contributed by atoms with Gasteiger partial charge in [0, 0.05) is 12.1 Å². The lowest BCUT2D eigenvalue weighted by atomic mass is 10.4. The third kappa shape index (κ3) is 1.53. The molecule has 1 aliphatic rings. The van der Waals surface area contributed by atoms with Crippen molar-refractivity contribution in [2.45, 2.75) is 18.5 Å². The number of nitrogens with two attached hydrogens (primary N) is 1. The van der Waals surface area contributed by atoms with E-state index in [1.807, 2.05) is 0 Å². The van der Waals surface area contributed by atoms with Gasteiger partial charge < -0.3 is 11.1 Å². The van der Waals surface area contributed by atoms with Gasteiger partial charge in [0.15, 0.2) is 0 Å². The van der Waals surface area contributed by atoms with Crippen LogP contribution in [0.15, 0.2) is 18.3 Å². The molecule has 0 saturated heterocycles. The number of anilines is 1. The monoisotopic (exact) mass is 167 g/mol. The number of rotatable bonds is 2. The Kier molecular flexibility index (Phi) is 1.69. The van der Waals surface area contributed by atoms with Crippen molar-refractivity contribution in [3.63, 3.8) is 0 Å². The fourth-order valence-corrected chi connectivity index (χ4v) is 1.03. The number of nitrogens with one attached hydrogen (secondary N) is 1. The highest BCUT2D eigenvalue weighted by Gasteiger charge is 2.33. The van der Waals surface area contributed by atoms with Crippen LogP contribution in [0.5, 0.6) is 0 Å². The maximum absolute atomic E-state index is 12.4. The molecule has 0 aliphatic heterocycles. The Balaban J connectivity index is 2.00. The Labute approximate surface area is 69.8 Å². The molecular formula is C8H10FN3. The fourth-order valence-electron chi connectivity index (χ4n) is 1.03. The van der Waals surface area contributed by atoms with E-state index in [1.54, 1.807) is 6.07 Å². The number of halogens is 1. The van der Waals surface area contributed by atoms with Crippen molar-refractivity contribution < 1.29 is 4.39 Å². The zero-order valence-electron chi connectivity index (χ0n) is 6.50. The van der Waals surface area contributed by atoms with Gasteiger partial charge in [-0.25, -0.2) is 9.37 Å². The van der Waals surface area contributed by atoms with Crippen molar-refractivity contribution >= 4 is 5.82 Å². The average Bonchev–Trinajstić information content (AvgIpc) is 2.72. The van der Waals surface area contributed by atoms with E-state index in [9.17, 15) is 4.39 Å². The van der Waals surface area contributed by atoms with E-state index >= 15 is 0 Å². The van der Waals surface area contributed by atoms with E-state index in [0.717, 1.165) is 6.42 Å². The van der Waals surface area contributed by atoms with Crippen molar-refractivity contribution in [2.75, 3.05) is 5.32 Å². The Morgan fingerprint density at radius 3 is 2.83 bits per heavy atom. The number of pyridine rings is 1. The first-order chi connectivity index (χ1) is 5.75. The summed E-state index contributed by atoms with van der Waals surface area (Å²) in [6.45, 7) is 0. The van der Waals surface area contributed by atoms with Gasteiger partial charge in [-0.15, -0.1) is 0 Å². The van der Waals surface area contributed by atoms with E-state index in [2.05, 4.69) is 10.3 Å². The Morgan fingerprint density at radius 1 is 1.58 bits per heavy atom. The summed E-state index contributed by atoms with van der Waals surface area (Å²) in [4.78, 5) is 3.85. The van der Waals surface area contributed by atoms with Crippen molar-refractivity contribution in [3.8, 4) is 0 Å². The van der Waals surface area contributed by atoms with Crippen LogP contribution in [0.4, 0.5) is 10.2 Å². The maximum atomic E-state index is 12.4. The lowest BCUT2D eigenvalue weighted by molar-refractivity contribution is 0.621. The summed E-state index contributed by atoms with van der Waals surface area (Å²) in [6.07, 6.45) is 2.16. The second kappa shape index (κ2) is 2.71. The van der Waals surface area contributed by atoms with Gasteiger partial charge in [-0.3, -0.25) is 0 Å². The molecule has 12 heavy (non-hydrogen) atoms. The maximum Gasteiger partial charge on any atom is 0.141 e. The summed E-state index contributed by atoms with van der Waals surface area (Å²) in [5, 5.41) is 3.09. The molecule has 2 unspecified atom stereocenters. The van der Waals surface area contributed by atoms with Crippen molar-refractivity contribution in [1.29, 1.82) is 0 Å². The molecule has 2 rings (SSSR count). The minimum Gasteiger partial charge on any atom is -0.366 e. The molecule has 2 atom stereocenters. The van der Waals surface area contributed by atoms with Gasteiger partial charge in [-0.1, -0.05) is 0 Å². The standard InChI is InChI=1S/C8H10FN3/c9-5-1-2-8(11-4-5)12-7-3-6(7)10/h1-2,4,6-7H,3,10H2,(H,11,12). The fraction of sp³-hybridized carbons (Fsp3) is 0.375. The van der Waals surface area contributed by atoms with Gasteiger partial charge in [-0.2, -0.15) is 0 Å². The van der Waals surface area contributed by atoms with Crippen LogP contribution in [0, 0.1) is 5.82 Å². The van der Waals surface area contributed by atoms with Crippen LogP contribution in [0.25, 0.3) is 0 Å². The second-order valence-electron chi connectivity index (χ2n) is 3.01. The SMILES string of the molecule is NC1CC1Nc1ccc(F)cn1. The molecule has 1 aliphatic carbocycles. The topological polar surface area (TPSA) is 50.9 Å². The van der Waals surface area contributed by atoms with Crippen LogP contribution in [0.1, 0.15) is 6.42 Å². The van der Waals surface area contributed by atoms with Crippen molar-refractivity contribution in [1.82, 2.24) is 4.98 Å². The molecule has 0 aromatic carbocycles. The number of nitrogens with zero attached hydrogens (tertiary/aromatic N) is 1. The Hall–Kier alpha value is -1.16. The predicted octanol–water partition coefficient (Wildman–Crippen LogP) is 0.732. The second-order valence-corrected chi connectivity index (χ2v) is 3.01. The first kappa shape index (κ1) is 7.49. The molecule has 64 valence electrons. The summed E-state index contributed by atoms with van der Waals surface area (Å²) < 4.78 is 12.4. The van der Waals surface area contributed by atoms with Crippen LogP contribution in [-0.4, -0.2) is 17.1 Å². The number of hydrogen-bond donors (Lipinski definition) is 2. The molecule has 1 aromatic heterocycles. The Morgan fingerprint density at radius 2 is 2.33 bits per heavy atom. The summed E-state index contributed by atoms with van der Waals surface area (Å²) in [5.74, 6) is 0.370. The average molecular weight is 167 g/mol. The third-order valence-electron chi connectivity index (χ3n) is 1.90. The van der Waals surface area contributed by atoms with Gasteiger partial charge >= 0.3 is 0 Å². The molecule has 0 spiro atoms. The smallest absolute Gasteiger partial charge is 0.141 e. The van der Waals surface area contributed by atoms with Crippen LogP contribution in [0.2, 0.25) is 0 Å². The highest BCUT2D eigenvalue weighted by Crippen LogP contribution is 2.22. The third-order valence-corrected chi connectivity index (χ3v) is 1.90. The first-order valence-electron chi connectivity index (χ1n) is 3.89. The molecule has 0 bridgehead atoms. The first-order valence-corrected chi connectivity index (χ1v) is 3.89. The summed E-state index contributed by atoms with van der Waals surface area (Å²) >= 11 is 0. The molecule has 4 heteroatoms. The van der Waals surface area contributed by atoms with Crippen LogP contribution < -0.4 is 11.1 Å². The molecule has 0 radical (unpaired) electrons. The highest BCUT2D eigenvalue weighted by molar-refractivity contribution is 5.37. The summed E-state index contributed by atoms with van der Waals surface area (Å²) in [6, 6.07) is 3.55.